The van der Waals surface area contributed by atoms with Gasteiger partial charge in [-0.05, 0) is 12.1 Å². The van der Waals surface area contributed by atoms with Gasteiger partial charge in [0.15, 0.2) is 0 Å². The molecule has 0 aliphatic rings. The van der Waals surface area contributed by atoms with Crippen molar-refractivity contribution in [1.82, 2.24) is 4.57 Å². The smallest absolute Gasteiger partial charge is 0.354 e. The highest BCUT2D eigenvalue weighted by molar-refractivity contribution is 5.90. The zero-order valence-electron chi connectivity index (χ0n) is 7.52. The SMILES string of the molecule is COC(=O)c1ccc(/C=N/N)n1C. The Labute approximate surface area is 75.8 Å². The third-order valence-corrected chi connectivity index (χ3v) is 1.76. The molecule has 0 amide bonds. The number of hydrazone groups is 1. The van der Waals surface area contributed by atoms with Crippen molar-refractivity contribution < 1.29 is 9.53 Å². The van der Waals surface area contributed by atoms with Crippen molar-refractivity contribution in [3.05, 3.63) is 23.5 Å². The molecule has 70 valence electrons. The Morgan fingerprint density at radius 1 is 1.69 bits per heavy atom. The minimum absolute atomic E-state index is 0.376. The summed E-state index contributed by atoms with van der Waals surface area (Å²) in [5.74, 6) is 4.61. The molecule has 5 heteroatoms. The first-order chi connectivity index (χ1) is 6.20. The highest BCUT2D eigenvalue weighted by Crippen LogP contribution is 2.06. The molecule has 2 N–H and O–H groups in total. The fourth-order valence-corrected chi connectivity index (χ4v) is 1.04. The van der Waals surface area contributed by atoms with Gasteiger partial charge in [0.05, 0.1) is 19.0 Å². The monoisotopic (exact) mass is 181 g/mol. The van der Waals surface area contributed by atoms with Crippen LogP contribution in [-0.4, -0.2) is 23.9 Å². The first-order valence-electron chi connectivity index (χ1n) is 3.68. The maximum atomic E-state index is 11.1. The lowest BCUT2D eigenvalue weighted by molar-refractivity contribution is 0.0590. The van der Waals surface area contributed by atoms with E-state index in [1.54, 1.807) is 23.7 Å². The van der Waals surface area contributed by atoms with E-state index in [1.165, 1.54) is 13.3 Å². The summed E-state index contributed by atoms with van der Waals surface area (Å²) in [6.45, 7) is 0. The summed E-state index contributed by atoms with van der Waals surface area (Å²) in [6, 6.07) is 3.39. The fourth-order valence-electron chi connectivity index (χ4n) is 1.04. The molecule has 0 saturated heterocycles. The van der Waals surface area contributed by atoms with Crippen LogP contribution in [0, 0.1) is 0 Å². The molecule has 0 atom stereocenters. The zero-order chi connectivity index (χ0) is 9.84. The van der Waals surface area contributed by atoms with Gasteiger partial charge in [-0.25, -0.2) is 4.79 Å². The molecule has 0 bridgehead atoms. The van der Waals surface area contributed by atoms with Crippen LogP contribution >= 0.6 is 0 Å². The average molecular weight is 181 g/mol. The molecule has 0 radical (unpaired) electrons. The Balaban J connectivity index is 3.06. The second-order valence-electron chi connectivity index (χ2n) is 2.47. The van der Waals surface area contributed by atoms with E-state index in [9.17, 15) is 4.79 Å². The molecule has 13 heavy (non-hydrogen) atoms. The highest BCUT2D eigenvalue weighted by Gasteiger charge is 2.10. The lowest BCUT2D eigenvalue weighted by Gasteiger charge is -2.01. The molecular formula is C8H11N3O2. The number of carbonyl (C=O) groups is 1. The van der Waals surface area contributed by atoms with Crippen LogP contribution in [0.5, 0.6) is 0 Å². The predicted octanol–water partition coefficient (Wildman–Crippen LogP) is 0.104. The average Bonchev–Trinajstić information content (AvgIpc) is 2.48. The van der Waals surface area contributed by atoms with Gasteiger partial charge in [-0.3, -0.25) is 0 Å². The molecule has 1 rings (SSSR count). The molecule has 0 spiro atoms. The summed E-state index contributed by atoms with van der Waals surface area (Å²) in [6.07, 6.45) is 1.46. The lowest BCUT2D eigenvalue weighted by Crippen LogP contribution is -2.09. The molecule has 0 unspecified atom stereocenters. The van der Waals surface area contributed by atoms with Crippen LogP contribution in [0.4, 0.5) is 0 Å². The Morgan fingerprint density at radius 2 is 2.38 bits per heavy atom. The molecule has 1 heterocycles. The van der Waals surface area contributed by atoms with Crippen molar-refractivity contribution in [1.29, 1.82) is 0 Å². The Morgan fingerprint density at radius 3 is 2.92 bits per heavy atom. The van der Waals surface area contributed by atoms with E-state index in [-0.39, 0.29) is 5.97 Å². The highest BCUT2D eigenvalue weighted by atomic mass is 16.5. The first kappa shape index (κ1) is 9.31. The molecule has 1 aromatic heterocycles. The Bertz CT molecular complexity index is 341. The standard InChI is InChI=1S/C8H11N3O2/c1-11-6(5-10-9)3-4-7(11)8(12)13-2/h3-5H,9H2,1-2H3/b10-5+. The quantitative estimate of drug-likeness (QED) is 0.304. The summed E-state index contributed by atoms with van der Waals surface area (Å²) >= 11 is 0. The normalized spacial score (nSPS) is 10.6. The molecule has 0 fully saturated rings. The number of carbonyl (C=O) groups excluding carboxylic acids is 1. The second-order valence-corrected chi connectivity index (χ2v) is 2.47. The van der Waals surface area contributed by atoms with Crippen molar-refractivity contribution in [3.8, 4) is 0 Å². The number of ether oxygens (including phenoxy) is 1. The third-order valence-electron chi connectivity index (χ3n) is 1.76. The van der Waals surface area contributed by atoms with E-state index >= 15 is 0 Å². The number of nitrogens with zero attached hydrogens (tertiary/aromatic N) is 2. The van der Waals surface area contributed by atoms with Crippen LogP contribution in [0.2, 0.25) is 0 Å². The van der Waals surface area contributed by atoms with Crippen molar-refractivity contribution in [3.63, 3.8) is 0 Å². The second kappa shape index (κ2) is 3.75. The van der Waals surface area contributed by atoms with E-state index in [0.29, 0.717) is 5.69 Å². The summed E-state index contributed by atoms with van der Waals surface area (Å²) in [7, 11) is 3.08. The van der Waals surface area contributed by atoms with Crippen molar-refractivity contribution in [2.45, 2.75) is 0 Å². The number of rotatable bonds is 2. The van der Waals surface area contributed by atoms with Gasteiger partial charge in [-0.1, -0.05) is 0 Å². The van der Waals surface area contributed by atoms with Gasteiger partial charge >= 0.3 is 5.97 Å². The number of aromatic nitrogens is 1. The minimum atomic E-state index is -0.376. The van der Waals surface area contributed by atoms with Crippen LogP contribution < -0.4 is 5.84 Å². The largest absolute Gasteiger partial charge is 0.464 e. The first-order valence-corrected chi connectivity index (χ1v) is 3.68. The summed E-state index contributed by atoms with van der Waals surface area (Å²) in [5, 5.41) is 3.37. The molecular weight excluding hydrogens is 170 g/mol. The summed E-state index contributed by atoms with van der Waals surface area (Å²) in [5.41, 5.74) is 1.22. The van der Waals surface area contributed by atoms with Crippen LogP contribution in [0.25, 0.3) is 0 Å². The van der Waals surface area contributed by atoms with E-state index in [2.05, 4.69) is 9.84 Å². The van der Waals surface area contributed by atoms with Gasteiger partial charge in [0.25, 0.3) is 0 Å². The van der Waals surface area contributed by atoms with E-state index < -0.39 is 0 Å². The van der Waals surface area contributed by atoms with E-state index in [1.807, 2.05) is 0 Å². The zero-order valence-corrected chi connectivity index (χ0v) is 7.52. The fraction of sp³-hybridized carbons (Fsp3) is 0.250. The molecule has 0 aromatic carbocycles. The number of methoxy groups -OCH3 is 1. The Kier molecular flexibility index (Phi) is 2.69. The molecule has 5 nitrogen and oxygen atoms in total. The lowest BCUT2D eigenvalue weighted by atomic mass is 10.4. The minimum Gasteiger partial charge on any atom is -0.464 e. The van der Waals surface area contributed by atoms with E-state index in [4.69, 9.17) is 5.84 Å². The molecule has 0 saturated carbocycles. The molecule has 0 aliphatic carbocycles. The summed E-state index contributed by atoms with van der Waals surface area (Å²) in [4.78, 5) is 11.1. The third kappa shape index (κ3) is 1.69. The van der Waals surface area contributed by atoms with E-state index in [0.717, 1.165) is 5.69 Å². The van der Waals surface area contributed by atoms with Gasteiger partial charge in [-0.15, -0.1) is 0 Å². The van der Waals surface area contributed by atoms with Gasteiger partial charge in [-0.2, -0.15) is 5.10 Å². The number of nitrogens with two attached hydrogens (primary N) is 1. The maximum absolute atomic E-state index is 11.1. The van der Waals surface area contributed by atoms with Gasteiger partial charge in [0.2, 0.25) is 0 Å². The van der Waals surface area contributed by atoms with Crippen LogP contribution in [-0.2, 0) is 11.8 Å². The number of hydrogen-bond acceptors (Lipinski definition) is 4. The van der Waals surface area contributed by atoms with Crippen molar-refractivity contribution in [2.75, 3.05) is 7.11 Å². The van der Waals surface area contributed by atoms with Crippen molar-refractivity contribution in [2.24, 2.45) is 18.0 Å². The van der Waals surface area contributed by atoms with Gasteiger partial charge in [0, 0.05) is 7.05 Å². The van der Waals surface area contributed by atoms with Gasteiger partial charge < -0.3 is 15.1 Å². The maximum Gasteiger partial charge on any atom is 0.354 e. The predicted molar refractivity (Wildman–Crippen MR) is 48.5 cm³/mol. The van der Waals surface area contributed by atoms with Gasteiger partial charge in [0.1, 0.15) is 5.69 Å². The summed E-state index contributed by atoms with van der Waals surface area (Å²) < 4.78 is 6.23. The Hall–Kier alpha value is -1.78. The van der Waals surface area contributed by atoms with Crippen LogP contribution in [0.3, 0.4) is 0 Å². The van der Waals surface area contributed by atoms with Crippen LogP contribution in [0.15, 0.2) is 17.2 Å². The topological polar surface area (TPSA) is 69.6 Å². The number of esters is 1. The van der Waals surface area contributed by atoms with Crippen LogP contribution in [0.1, 0.15) is 16.2 Å². The molecule has 0 aliphatic heterocycles. The number of hydrogen-bond donors (Lipinski definition) is 1. The van der Waals surface area contributed by atoms with Crippen molar-refractivity contribution >= 4 is 12.2 Å². The molecule has 1 aromatic rings.